The highest BCUT2D eigenvalue weighted by Gasteiger charge is 2.14. The summed E-state index contributed by atoms with van der Waals surface area (Å²) in [4.78, 5) is 0.878. The summed E-state index contributed by atoms with van der Waals surface area (Å²) in [5, 5.41) is 0.00509. The van der Waals surface area contributed by atoms with E-state index in [9.17, 15) is 4.21 Å². The van der Waals surface area contributed by atoms with Crippen LogP contribution in [0.3, 0.4) is 0 Å². The Labute approximate surface area is 112 Å². The van der Waals surface area contributed by atoms with Gasteiger partial charge in [0.15, 0.2) is 0 Å². The minimum Gasteiger partial charge on any atom is -0.254 e. The Morgan fingerprint density at radius 1 is 1.00 bits per heavy atom. The molecule has 0 bridgehead atoms. The van der Waals surface area contributed by atoms with Gasteiger partial charge in [-0.3, -0.25) is 4.21 Å². The summed E-state index contributed by atoms with van der Waals surface area (Å²) in [6, 6.07) is 17.6. The molecule has 0 aliphatic carbocycles. The predicted octanol–water partition coefficient (Wildman–Crippen LogP) is 4.32. The largest absolute Gasteiger partial charge is 0.254 e. The maximum absolute atomic E-state index is 12.3. The van der Waals surface area contributed by atoms with Gasteiger partial charge in [0, 0.05) is 9.37 Å². The van der Waals surface area contributed by atoms with Crippen molar-refractivity contribution in [1.29, 1.82) is 0 Å². The van der Waals surface area contributed by atoms with Crippen molar-refractivity contribution in [2.24, 2.45) is 0 Å². The number of halogens is 1. The molecular weight excluding hydrogens is 296 g/mol. The van der Waals surface area contributed by atoms with E-state index in [2.05, 4.69) is 15.9 Å². The van der Waals surface area contributed by atoms with Crippen LogP contribution in [0.1, 0.15) is 17.7 Å². The average Bonchev–Trinajstić information content (AvgIpc) is 2.39. The molecule has 88 valence electrons. The molecule has 1 unspecified atom stereocenters. The molecule has 17 heavy (non-hydrogen) atoms. The van der Waals surface area contributed by atoms with E-state index in [4.69, 9.17) is 0 Å². The third-order valence-electron chi connectivity index (χ3n) is 2.64. The lowest BCUT2D eigenvalue weighted by Gasteiger charge is -2.11. The fourth-order valence-electron chi connectivity index (χ4n) is 1.62. The van der Waals surface area contributed by atoms with E-state index < -0.39 is 10.8 Å². The number of benzene rings is 2. The predicted molar refractivity (Wildman–Crippen MR) is 75.4 cm³/mol. The number of hydrogen-bond acceptors (Lipinski definition) is 1. The molecule has 0 aliphatic heterocycles. The summed E-state index contributed by atoms with van der Waals surface area (Å²) in [6.07, 6.45) is 0. The van der Waals surface area contributed by atoms with Crippen LogP contribution in [0.5, 0.6) is 0 Å². The molecule has 2 aromatic carbocycles. The van der Waals surface area contributed by atoms with Crippen molar-refractivity contribution in [3.63, 3.8) is 0 Å². The monoisotopic (exact) mass is 308 g/mol. The van der Waals surface area contributed by atoms with Crippen LogP contribution in [0.25, 0.3) is 0 Å². The maximum atomic E-state index is 12.3. The Bertz CT molecular complexity index is 508. The van der Waals surface area contributed by atoms with Crippen molar-refractivity contribution < 1.29 is 4.21 Å². The molecule has 0 fully saturated rings. The summed E-state index contributed by atoms with van der Waals surface area (Å²) in [6.45, 7) is 1.99. The van der Waals surface area contributed by atoms with Crippen molar-refractivity contribution in [3.8, 4) is 0 Å². The molecule has 0 aromatic heterocycles. The lowest BCUT2D eigenvalue weighted by atomic mass is 10.2. The zero-order valence-electron chi connectivity index (χ0n) is 9.47. The molecule has 2 atom stereocenters. The van der Waals surface area contributed by atoms with Crippen LogP contribution in [0.4, 0.5) is 0 Å². The first-order chi connectivity index (χ1) is 8.18. The molecule has 1 nitrogen and oxygen atoms in total. The molecule has 0 saturated heterocycles. The maximum Gasteiger partial charge on any atom is 0.0615 e. The van der Waals surface area contributed by atoms with Crippen molar-refractivity contribution >= 4 is 26.7 Å². The van der Waals surface area contributed by atoms with Crippen LogP contribution in [-0.2, 0) is 10.8 Å². The van der Waals surface area contributed by atoms with Crippen LogP contribution in [0.2, 0.25) is 0 Å². The van der Waals surface area contributed by atoms with Gasteiger partial charge in [0.05, 0.1) is 16.0 Å². The zero-order chi connectivity index (χ0) is 12.3. The highest BCUT2D eigenvalue weighted by molar-refractivity contribution is 9.10. The molecule has 0 N–H and O–H groups in total. The number of hydrogen-bond donors (Lipinski definition) is 0. The lowest BCUT2D eigenvalue weighted by molar-refractivity contribution is 0.676. The molecule has 0 heterocycles. The SMILES string of the molecule is C[C@H](c1ccc(Br)cc1)S(=O)c1ccccc1. The topological polar surface area (TPSA) is 17.1 Å². The Kier molecular flexibility index (Phi) is 4.13. The second kappa shape index (κ2) is 5.61. The van der Waals surface area contributed by atoms with E-state index in [1.54, 1.807) is 0 Å². The summed E-state index contributed by atoms with van der Waals surface area (Å²) in [7, 11) is -1.00. The molecule has 0 saturated carbocycles. The Morgan fingerprint density at radius 2 is 1.59 bits per heavy atom. The van der Waals surface area contributed by atoms with Gasteiger partial charge >= 0.3 is 0 Å². The van der Waals surface area contributed by atoms with Gasteiger partial charge in [0.2, 0.25) is 0 Å². The van der Waals surface area contributed by atoms with Crippen LogP contribution in [0, 0.1) is 0 Å². The molecule has 0 amide bonds. The summed E-state index contributed by atoms with van der Waals surface area (Å²) < 4.78 is 13.4. The van der Waals surface area contributed by atoms with E-state index in [0.29, 0.717) is 0 Å². The second-order valence-corrected chi connectivity index (χ2v) is 6.49. The van der Waals surface area contributed by atoms with Gasteiger partial charge in [0.25, 0.3) is 0 Å². The first-order valence-corrected chi connectivity index (χ1v) is 7.40. The molecule has 2 rings (SSSR count). The van der Waals surface area contributed by atoms with Crippen molar-refractivity contribution in [2.75, 3.05) is 0 Å². The third kappa shape index (κ3) is 3.05. The lowest BCUT2D eigenvalue weighted by Crippen LogP contribution is -2.02. The fraction of sp³-hybridized carbons (Fsp3) is 0.143. The molecule has 3 heteroatoms. The molecule has 0 radical (unpaired) electrons. The van der Waals surface area contributed by atoms with Gasteiger partial charge in [-0.05, 0) is 36.8 Å². The molecule has 2 aromatic rings. The highest BCUT2D eigenvalue weighted by Crippen LogP contribution is 2.25. The van der Waals surface area contributed by atoms with Crippen molar-refractivity contribution in [3.05, 3.63) is 64.6 Å². The number of rotatable bonds is 3. The van der Waals surface area contributed by atoms with Gasteiger partial charge in [-0.2, -0.15) is 0 Å². The Morgan fingerprint density at radius 3 is 2.18 bits per heavy atom. The van der Waals surface area contributed by atoms with Gasteiger partial charge in [0.1, 0.15) is 0 Å². The van der Waals surface area contributed by atoms with Gasteiger partial charge < -0.3 is 0 Å². The third-order valence-corrected chi connectivity index (χ3v) is 4.82. The standard InChI is InChI=1S/C14H13BrOS/c1-11(12-7-9-13(15)10-8-12)17(16)14-5-3-2-4-6-14/h2-11H,1H3/t11-,17?/m1/s1. The van der Waals surface area contributed by atoms with E-state index >= 15 is 0 Å². The van der Waals surface area contributed by atoms with E-state index in [-0.39, 0.29) is 5.25 Å². The van der Waals surface area contributed by atoms with Crippen molar-refractivity contribution in [2.45, 2.75) is 17.1 Å². The minimum absolute atomic E-state index is 0.00509. The van der Waals surface area contributed by atoms with E-state index in [1.807, 2.05) is 61.5 Å². The average molecular weight is 309 g/mol. The van der Waals surface area contributed by atoms with Crippen LogP contribution in [-0.4, -0.2) is 4.21 Å². The highest BCUT2D eigenvalue weighted by atomic mass is 79.9. The molecule has 0 aliphatic rings. The Balaban J connectivity index is 2.23. The fourth-order valence-corrected chi connectivity index (χ4v) is 3.12. The van der Waals surface area contributed by atoms with Gasteiger partial charge in [-0.15, -0.1) is 0 Å². The van der Waals surface area contributed by atoms with Crippen molar-refractivity contribution in [1.82, 2.24) is 0 Å². The molecular formula is C14H13BrOS. The molecule has 0 spiro atoms. The Hall–Kier alpha value is -0.930. The van der Waals surface area contributed by atoms with E-state index in [1.165, 1.54) is 0 Å². The summed E-state index contributed by atoms with van der Waals surface area (Å²) in [5.41, 5.74) is 1.09. The zero-order valence-corrected chi connectivity index (χ0v) is 11.9. The second-order valence-electron chi connectivity index (χ2n) is 3.80. The van der Waals surface area contributed by atoms with Crippen LogP contribution < -0.4 is 0 Å². The summed E-state index contributed by atoms with van der Waals surface area (Å²) >= 11 is 3.40. The summed E-state index contributed by atoms with van der Waals surface area (Å²) in [5.74, 6) is 0. The van der Waals surface area contributed by atoms with Crippen LogP contribution >= 0.6 is 15.9 Å². The first-order valence-electron chi connectivity index (χ1n) is 5.39. The van der Waals surface area contributed by atoms with Gasteiger partial charge in [-0.25, -0.2) is 0 Å². The normalized spacial score (nSPS) is 14.2. The minimum atomic E-state index is -1.00. The first kappa shape index (κ1) is 12.5. The van der Waals surface area contributed by atoms with Gasteiger partial charge in [-0.1, -0.05) is 46.3 Å². The van der Waals surface area contributed by atoms with Crippen LogP contribution in [0.15, 0.2) is 64.0 Å². The quantitative estimate of drug-likeness (QED) is 0.825. The van der Waals surface area contributed by atoms with E-state index in [0.717, 1.165) is 14.9 Å². The smallest absolute Gasteiger partial charge is 0.0615 e.